The molecule has 1 aliphatic heterocycles. The van der Waals surface area contributed by atoms with E-state index in [1.807, 2.05) is 18.2 Å². The second-order valence-electron chi connectivity index (χ2n) is 7.59. The molecular weight excluding hydrogens is 358 g/mol. The van der Waals surface area contributed by atoms with Crippen LogP contribution in [0.15, 0.2) is 30.3 Å². The molecule has 0 radical (unpaired) electrons. The molecule has 1 aliphatic rings. The zero-order valence-electron chi connectivity index (χ0n) is 16.3. The lowest BCUT2D eigenvalue weighted by Gasteiger charge is -2.30. The number of benzene rings is 1. The number of carboxylic acids is 1. The number of amides is 1. The van der Waals surface area contributed by atoms with E-state index in [1.165, 1.54) is 10.5 Å². The standard InChI is InChI=1S/C21H27N3O4/c1-14(2)19(25)20(26)23-12-10-17-16(13-23)18(21(27)28)22-24(17)11-6-9-15-7-4-3-5-8-15/h3-5,7-8,14,19,25H,6,9-13H2,1-2H3,(H,27,28)/t19-/m1/s1. The maximum atomic E-state index is 12.5. The van der Waals surface area contributed by atoms with Gasteiger partial charge < -0.3 is 15.1 Å². The number of carbonyl (C=O) groups excluding carboxylic acids is 1. The third-order valence-electron chi connectivity index (χ3n) is 5.21. The van der Waals surface area contributed by atoms with E-state index in [9.17, 15) is 19.8 Å². The van der Waals surface area contributed by atoms with E-state index in [4.69, 9.17) is 0 Å². The quantitative estimate of drug-likeness (QED) is 0.761. The molecule has 150 valence electrons. The van der Waals surface area contributed by atoms with E-state index in [2.05, 4.69) is 17.2 Å². The molecule has 2 heterocycles. The Bertz CT molecular complexity index is 845. The predicted octanol–water partition coefficient (Wildman–Crippen LogP) is 2.12. The van der Waals surface area contributed by atoms with Crippen molar-refractivity contribution in [1.29, 1.82) is 0 Å². The summed E-state index contributed by atoms with van der Waals surface area (Å²) in [6, 6.07) is 10.1. The topological polar surface area (TPSA) is 95.7 Å². The van der Waals surface area contributed by atoms with Gasteiger partial charge in [0.05, 0.1) is 0 Å². The number of aryl methyl sites for hydroxylation is 2. The number of hydrogen-bond donors (Lipinski definition) is 2. The van der Waals surface area contributed by atoms with Gasteiger partial charge in [-0.2, -0.15) is 5.10 Å². The van der Waals surface area contributed by atoms with Crippen molar-refractivity contribution in [2.24, 2.45) is 5.92 Å². The third kappa shape index (κ3) is 4.25. The number of aliphatic hydroxyl groups is 1. The van der Waals surface area contributed by atoms with E-state index in [0.29, 0.717) is 25.1 Å². The summed E-state index contributed by atoms with van der Waals surface area (Å²) in [4.78, 5) is 25.7. The minimum Gasteiger partial charge on any atom is -0.476 e. The highest BCUT2D eigenvalue weighted by Crippen LogP contribution is 2.24. The lowest BCUT2D eigenvalue weighted by molar-refractivity contribution is -0.143. The highest BCUT2D eigenvalue weighted by Gasteiger charge is 2.32. The van der Waals surface area contributed by atoms with Gasteiger partial charge in [0, 0.05) is 37.3 Å². The first kappa shape index (κ1) is 20.1. The molecule has 1 aromatic carbocycles. The van der Waals surface area contributed by atoms with E-state index in [1.54, 1.807) is 18.5 Å². The summed E-state index contributed by atoms with van der Waals surface area (Å²) in [6.07, 6.45) is 1.21. The van der Waals surface area contributed by atoms with Gasteiger partial charge in [0.25, 0.3) is 5.91 Å². The summed E-state index contributed by atoms with van der Waals surface area (Å²) in [5.41, 5.74) is 2.71. The first-order valence-electron chi connectivity index (χ1n) is 9.71. The normalized spacial score (nSPS) is 14.8. The molecule has 0 spiro atoms. The second kappa shape index (κ2) is 8.56. The van der Waals surface area contributed by atoms with Gasteiger partial charge in [0.2, 0.25) is 0 Å². The average Bonchev–Trinajstić information content (AvgIpc) is 3.06. The summed E-state index contributed by atoms with van der Waals surface area (Å²) < 4.78 is 1.78. The molecule has 0 aliphatic carbocycles. The van der Waals surface area contributed by atoms with Crippen LogP contribution in [0.1, 0.15) is 47.6 Å². The molecule has 1 atom stereocenters. The van der Waals surface area contributed by atoms with E-state index >= 15 is 0 Å². The highest BCUT2D eigenvalue weighted by molar-refractivity contribution is 5.88. The summed E-state index contributed by atoms with van der Waals surface area (Å²) in [5, 5.41) is 23.9. The Hall–Kier alpha value is -2.67. The van der Waals surface area contributed by atoms with Crippen molar-refractivity contribution < 1.29 is 19.8 Å². The van der Waals surface area contributed by atoms with E-state index < -0.39 is 12.1 Å². The first-order chi connectivity index (χ1) is 13.4. The lowest BCUT2D eigenvalue weighted by Crippen LogP contribution is -2.44. The van der Waals surface area contributed by atoms with Crippen LogP contribution >= 0.6 is 0 Å². The zero-order valence-corrected chi connectivity index (χ0v) is 16.3. The molecule has 2 aromatic rings. The van der Waals surface area contributed by atoms with E-state index in [0.717, 1.165) is 18.5 Å². The van der Waals surface area contributed by atoms with Gasteiger partial charge >= 0.3 is 5.97 Å². The Morgan fingerprint density at radius 2 is 1.93 bits per heavy atom. The molecule has 1 amide bonds. The number of hydrogen-bond acceptors (Lipinski definition) is 4. The number of rotatable bonds is 7. The summed E-state index contributed by atoms with van der Waals surface area (Å²) in [7, 11) is 0. The maximum absolute atomic E-state index is 12.5. The molecule has 0 saturated carbocycles. The minimum atomic E-state index is -1.09. The Balaban J connectivity index is 1.74. The highest BCUT2D eigenvalue weighted by atomic mass is 16.4. The molecule has 2 N–H and O–H groups in total. The third-order valence-corrected chi connectivity index (χ3v) is 5.21. The van der Waals surface area contributed by atoms with Crippen molar-refractivity contribution in [3.8, 4) is 0 Å². The van der Waals surface area contributed by atoms with Gasteiger partial charge in [-0.15, -0.1) is 0 Å². The number of nitrogens with zero attached hydrogens (tertiary/aromatic N) is 3. The molecule has 0 bridgehead atoms. The lowest BCUT2D eigenvalue weighted by atomic mass is 10.0. The Morgan fingerprint density at radius 1 is 1.21 bits per heavy atom. The van der Waals surface area contributed by atoms with Gasteiger partial charge in [-0.05, 0) is 24.3 Å². The van der Waals surface area contributed by atoms with Crippen LogP contribution in [-0.2, 0) is 30.7 Å². The van der Waals surface area contributed by atoms with Crippen molar-refractivity contribution in [2.75, 3.05) is 6.54 Å². The summed E-state index contributed by atoms with van der Waals surface area (Å²) in [6.45, 7) is 4.83. The van der Waals surface area contributed by atoms with Gasteiger partial charge in [-0.1, -0.05) is 44.2 Å². The van der Waals surface area contributed by atoms with Crippen LogP contribution in [0.4, 0.5) is 0 Å². The SMILES string of the molecule is CC(C)[C@@H](O)C(=O)N1CCc2c(c(C(=O)O)nn2CCCc2ccccc2)C1. The van der Waals surface area contributed by atoms with Crippen LogP contribution in [0.25, 0.3) is 0 Å². The maximum Gasteiger partial charge on any atom is 0.356 e. The Kier molecular flexibility index (Phi) is 6.14. The number of aromatic carboxylic acids is 1. The number of carboxylic acid groups (broad SMARTS) is 1. The fourth-order valence-corrected chi connectivity index (χ4v) is 3.59. The van der Waals surface area contributed by atoms with Crippen LogP contribution in [0, 0.1) is 5.92 Å². The van der Waals surface area contributed by atoms with E-state index in [-0.39, 0.29) is 24.1 Å². The molecule has 0 saturated heterocycles. The molecule has 1 aromatic heterocycles. The number of aromatic nitrogens is 2. The van der Waals surface area contributed by atoms with Crippen LogP contribution in [-0.4, -0.2) is 49.4 Å². The monoisotopic (exact) mass is 385 g/mol. The Labute approximate surface area is 164 Å². The molecule has 3 rings (SSSR count). The van der Waals surface area contributed by atoms with Crippen LogP contribution in [0.5, 0.6) is 0 Å². The summed E-state index contributed by atoms with van der Waals surface area (Å²) in [5.74, 6) is -1.63. The zero-order chi connectivity index (χ0) is 20.3. The fourth-order valence-electron chi connectivity index (χ4n) is 3.59. The molecule has 0 fully saturated rings. The van der Waals surface area contributed by atoms with Crippen molar-refractivity contribution >= 4 is 11.9 Å². The van der Waals surface area contributed by atoms with Crippen molar-refractivity contribution in [2.45, 2.75) is 52.3 Å². The number of aliphatic hydroxyl groups excluding tert-OH is 1. The van der Waals surface area contributed by atoms with Gasteiger partial charge in [0.1, 0.15) is 6.10 Å². The Morgan fingerprint density at radius 3 is 2.57 bits per heavy atom. The van der Waals surface area contributed by atoms with Crippen LogP contribution in [0.3, 0.4) is 0 Å². The first-order valence-corrected chi connectivity index (χ1v) is 9.71. The molecule has 28 heavy (non-hydrogen) atoms. The van der Waals surface area contributed by atoms with Gasteiger partial charge in [-0.3, -0.25) is 9.48 Å². The fraction of sp³-hybridized carbons (Fsp3) is 0.476. The minimum absolute atomic E-state index is 0.00579. The van der Waals surface area contributed by atoms with Crippen molar-refractivity contribution in [3.63, 3.8) is 0 Å². The van der Waals surface area contributed by atoms with Gasteiger partial charge in [0.15, 0.2) is 5.69 Å². The predicted molar refractivity (Wildman–Crippen MR) is 104 cm³/mol. The molecule has 7 nitrogen and oxygen atoms in total. The largest absolute Gasteiger partial charge is 0.476 e. The average molecular weight is 385 g/mol. The molecule has 7 heteroatoms. The van der Waals surface area contributed by atoms with Crippen molar-refractivity contribution in [3.05, 3.63) is 52.8 Å². The number of carbonyl (C=O) groups is 2. The molecule has 0 unspecified atom stereocenters. The van der Waals surface area contributed by atoms with Crippen molar-refractivity contribution in [1.82, 2.24) is 14.7 Å². The molecular formula is C21H27N3O4. The van der Waals surface area contributed by atoms with Gasteiger partial charge in [-0.25, -0.2) is 4.79 Å². The van der Waals surface area contributed by atoms with Crippen LogP contribution < -0.4 is 0 Å². The summed E-state index contributed by atoms with van der Waals surface area (Å²) >= 11 is 0. The smallest absolute Gasteiger partial charge is 0.356 e. The number of fused-ring (bicyclic) bond motifs is 1. The van der Waals surface area contributed by atoms with Crippen LogP contribution in [0.2, 0.25) is 0 Å². The second-order valence-corrected chi connectivity index (χ2v) is 7.59.